The molecule has 4 heteroatoms. The SMILES string of the molecule is OC1CCCCC1CNCc1cnc2ccccc2n1. The van der Waals surface area contributed by atoms with Crippen molar-refractivity contribution >= 4 is 11.0 Å². The van der Waals surface area contributed by atoms with Crippen LogP contribution in [0.1, 0.15) is 31.4 Å². The second-order valence-electron chi connectivity index (χ2n) is 5.59. The standard InChI is InChI=1S/C16H21N3O/c20-16-8-4-1-5-12(16)9-17-10-13-11-18-14-6-2-3-7-15(14)19-13/h2-3,6-7,11-12,16-17,20H,1,4-5,8-10H2. The summed E-state index contributed by atoms with van der Waals surface area (Å²) in [5.41, 5.74) is 2.82. The minimum atomic E-state index is -0.140. The molecule has 0 radical (unpaired) electrons. The minimum absolute atomic E-state index is 0.140. The van der Waals surface area contributed by atoms with Gasteiger partial charge in [0.1, 0.15) is 0 Å². The molecule has 0 spiro atoms. The van der Waals surface area contributed by atoms with Gasteiger partial charge >= 0.3 is 0 Å². The van der Waals surface area contributed by atoms with Crippen molar-refractivity contribution < 1.29 is 5.11 Å². The average molecular weight is 271 g/mol. The molecule has 4 nitrogen and oxygen atoms in total. The smallest absolute Gasteiger partial charge is 0.0890 e. The molecule has 2 N–H and O–H groups in total. The first kappa shape index (κ1) is 13.5. The number of aromatic nitrogens is 2. The van der Waals surface area contributed by atoms with Crippen molar-refractivity contribution in [3.8, 4) is 0 Å². The Morgan fingerprint density at radius 3 is 2.80 bits per heavy atom. The third kappa shape index (κ3) is 3.14. The van der Waals surface area contributed by atoms with Crippen LogP contribution in [-0.4, -0.2) is 27.7 Å². The molecular weight excluding hydrogens is 250 g/mol. The molecule has 2 atom stereocenters. The summed E-state index contributed by atoms with van der Waals surface area (Å²) in [7, 11) is 0. The Morgan fingerprint density at radius 1 is 1.15 bits per heavy atom. The molecule has 0 saturated heterocycles. The van der Waals surface area contributed by atoms with Gasteiger partial charge in [-0.25, -0.2) is 4.98 Å². The summed E-state index contributed by atoms with van der Waals surface area (Å²) in [4.78, 5) is 9.00. The second kappa shape index (κ2) is 6.29. The van der Waals surface area contributed by atoms with E-state index >= 15 is 0 Å². The highest BCUT2D eigenvalue weighted by molar-refractivity contribution is 5.73. The number of hydrogen-bond donors (Lipinski definition) is 2. The fraction of sp³-hybridized carbons (Fsp3) is 0.500. The lowest BCUT2D eigenvalue weighted by molar-refractivity contribution is 0.0694. The van der Waals surface area contributed by atoms with Crippen molar-refractivity contribution in [1.82, 2.24) is 15.3 Å². The van der Waals surface area contributed by atoms with Crippen molar-refractivity contribution in [1.29, 1.82) is 0 Å². The van der Waals surface area contributed by atoms with Crippen LogP contribution in [0.2, 0.25) is 0 Å². The molecule has 2 unspecified atom stereocenters. The van der Waals surface area contributed by atoms with Crippen LogP contribution in [0.4, 0.5) is 0 Å². The fourth-order valence-electron chi connectivity index (χ4n) is 2.89. The van der Waals surface area contributed by atoms with Crippen molar-refractivity contribution in [2.45, 2.75) is 38.3 Å². The lowest BCUT2D eigenvalue weighted by atomic mass is 9.86. The molecule has 0 amide bonds. The van der Waals surface area contributed by atoms with Crippen LogP contribution in [0.5, 0.6) is 0 Å². The number of benzene rings is 1. The number of rotatable bonds is 4. The lowest BCUT2D eigenvalue weighted by Crippen LogP contribution is -2.33. The van der Waals surface area contributed by atoms with Crippen LogP contribution in [-0.2, 0) is 6.54 Å². The van der Waals surface area contributed by atoms with E-state index in [0.29, 0.717) is 12.5 Å². The Hall–Kier alpha value is -1.52. The Bertz CT molecular complexity index is 572. The molecule has 0 bridgehead atoms. The maximum atomic E-state index is 9.94. The van der Waals surface area contributed by atoms with E-state index in [0.717, 1.165) is 42.5 Å². The molecule has 1 aromatic carbocycles. The minimum Gasteiger partial charge on any atom is -0.393 e. The second-order valence-corrected chi connectivity index (χ2v) is 5.59. The monoisotopic (exact) mass is 271 g/mol. The first-order chi connectivity index (χ1) is 9.83. The highest BCUT2D eigenvalue weighted by atomic mass is 16.3. The number of para-hydroxylation sites is 2. The highest BCUT2D eigenvalue weighted by Gasteiger charge is 2.22. The first-order valence-electron chi connectivity index (χ1n) is 7.42. The van der Waals surface area contributed by atoms with Gasteiger partial charge in [-0.1, -0.05) is 25.0 Å². The number of hydrogen-bond acceptors (Lipinski definition) is 4. The molecule has 1 heterocycles. The lowest BCUT2D eigenvalue weighted by Gasteiger charge is -2.27. The van der Waals surface area contributed by atoms with E-state index in [4.69, 9.17) is 0 Å². The van der Waals surface area contributed by atoms with E-state index in [1.165, 1.54) is 6.42 Å². The molecule has 1 aromatic heterocycles. The first-order valence-corrected chi connectivity index (χ1v) is 7.42. The summed E-state index contributed by atoms with van der Waals surface area (Å²) < 4.78 is 0. The molecule has 1 aliphatic carbocycles. The van der Waals surface area contributed by atoms with Gasteiger partial charge in [-0.05, 0) is 30.9 Å². The number of nitrogens with zero attached hydrogens (tertiary/aromatic N) is 2. The van der Waals surface area contributed by atoms with Crippen molar-refractivity contribution in [3.63, 3.8) is 0 Å². The number of aliphatic hydroxyl groups excluding tert-OH is 1. The molecule has 106 valence electrons. The predicted molar refractivity (Wildman–Crippen MR) is 79.2 cm³/mol. The van der Waals surface area contributed by atoms with Crippen LogP contribution in [0.3, 0.4) is 0 Å². The van der Waals surface area contributed by atoms with Crippen LogP contribution < -0.4 is 5.32 Å². The number of fused-ring (bicyclic) bond motifs is 1. The van der Waals surface area contributed by atoms with Crippen LogP contribution >= 0.6 is 0 Å². The van der Waals surface area contributed by atoms with Crippen molar-refractivity contribution in [2.75, 3.05) is 6.54 Å². The van der Waals surface area contributed by atoms with Gasteiger partial charge in [0.25, 0.3) is 0 Å². The molecule has 1 aliphatic rings. The molecule has 0 aliphatic heterocycles. The largest absolute Gasteiger partial charge is 0.393 e. The zero-order valence-electron chi connectivity index (χ0n) is 11.6. The van der Waals surface area contributed by atoms with E-state index in [-0.39, 0.29) is 6.10 Å². The zero-order chi connectivity index (χ0) is 13.8. The average Bonchev–Trinajstić information content (AvgIpc) is 2.49. The molecule has 20 heavy (non-hydrogen) atoms. The summed E-state index contributed by atoms with van der Waals surface area (Å²) in [6.45, 7) is 1.57. The summed E-state index contributed by atoms with van der Waals surface area (Å²) in [6, 6.07) is 7.90. The Kier molecular flexibility index (Phi) is 4.23. The van der Waals surface area contributed by atoms with E-state index in [2.05, 4.69) is 15.3 Å². The van der Waals surface area contributed by atoms with Crippen LogP contribution in [0.15, 0.2) is 30.5 Å². The van der Waals surface area contributed by atoms with Crippen molar-refractivity contribution in [2.24, 2.45) is 5.92 Å². The summed E-state index contributed by atoms with van der Waals surface area (Å²) >= 11 is 0. The molecule has 3 rings (SSSR count). The van der Waals surface area contributed by atoms with E-state index in [1.54, 1.807) is 0 Å². The molecule has 2 aromatic rings. The van der Waals surface area contributed by atoms with E-state index < -0.39 is 0 Å². The van der Waals surface area contributed by atoms with Gasteiger partial charge in [0.15, 0.2) is 0 Å². The van der Waals surface area contributed by atoms with Gasteiger partial charge in [0.2, 0.25) is 0 Å². The zero-order valence-corrected chi connectivity index (χ0v) is 11.6. The Morgan fingerprint density at radius 2 is 1.95 bits per heavy atom. The van der Waals surface area contributed by atoms with E-state index in [9.17, 15) is 5.11 Å². The van der Waals surface area contributed by atoms with Crippen molar-refractivity contribution in [3.05, 3.63) is 36.2 Å². The van der Waals surface area contributed by atoms with Gasteiger partial charge in [-0.2, -0.15) is 0 Å². The third-order valence-corrected chi connectivity index (χ3v) is 4.08. The van der Waals surface area contributed by atoms with Crippen LogP contribution in [0, 0.1) is 5.92 Å². The maximum absolute atomic E-state index is 9.94. The molecule has 1 fully saturated rings. The maximum Gasteiger partial charge on any atom is 0.0890 e. The predicted octanol–water partition coefficient (Wildman–Crippen LogP) is 2.27. The topological polar surface area (TPSA) is 58.0 Å². The molecular formula is C16H21N3O. The van der Waals surface area contributed by atoms with E-state index in [1.807, 2.05) is 30.5 Å². The number of nitrogens with one attached hydrogen (secondary N) is 1. The van der Waals surface area contributed by atoms with Gasteiger partial charge in [0.05, 0.1) is 29.0 Å². The highest BCUT2D eigenvalue weighted by Crippen LogP contribution is 2.23. The Labute approximate surface area is 119 Å². The normalized spacial score (nSPS) is 23.1. The Balaban J connectivity index is 1.56. The summed E-state index contributed by atoms with van der Waals surface area (Å²) in [6.07, 6.45) is 6.15. The fourth-order valence-corrected chi connectivity index (χ4v) is 2.89. The summed E-state index contributed by atoms with van der Waals surface area (Å²) in [5.74, 6) is 0.386. The quantitative estimate of drug-likeness (QED) is 0.895. The van der Waals surface area contributed by atoms with Gasteiger partial charge in [-0.3, -0.25) is 4.98 Å². The third-order valence-electron chi connectivity index (χ3n) is 4.08. The summed E-state index contributed by atoms with van der Waals surface area (Å²) in [5, 5.41) is 13.3. The van der Waals surface area contributed by atoms with Gasteiger partial charge < -0.3 is 10.4 Å². The molecule has 1 saturated carbocycles. The van der Waals surface area contributed by atoms with Gasteiger partial charge in [0, 0.05) is 13.1 Å². The van der Waals surface area contributed by atoms with Crippen LogP contribution in [0.25, 0.3) is 11.0 Å². The number of aliphatic hydroxyl groups is 1. The van der Waals surface area contributed by atoms with Gasteiger partial charge in [-0.15, -0.1) is 0 Å².